The van der Waals surface area contributed by atoms with Crippen LogP contribution in [0.3, 0.4) is 0 Å². The van der Waals surface area contributed by atoms with Gasteiger partial charge in [0.05, 0.1) is 19.8 Å². The van der Waals surface area contributed by atoms with Crippen molar-refractivity contribution in [1.29, 1.82) is 0 Å². The maximum atomic E-state index is 5.84. The maximum absolute atomic E-state index is 5.84. The smallest absolute Gasteiger partial charge is 0.231 e. The van der Waals surface area contributed by atoms with Crippen LogP contribution in [0.4, 0.5) is 0 Å². The average Bonchev–Trinajstić information content (AvgIpc) is 3.03. The van der Waals surface area contributed by atoms with Crippen LogP contribution in [0, 0.1) is 0 Å². The zero-order valence-corrected chi connectivity index (χ0v) is 16.6. The summed E-state index contributed by atoms with van der Waals surface area (Å²) in [6.07, 6.45) is 1.12. The van der Waals surface area contributed by atoms with Crippen molar-refractivity contribution in [2.24, 2.45) is 0 Å². The number of hydrogen-bond acceptors (Lipinski definition) is 6. The van der Waals surface area contributed by atoms with Crippen molar-refractivity contribution >= 4 is 0 Å². The molecule has 2 aromatic carbocycles. The summed E-state index contributed by atoms with van der Waals surface area (Å²) < 4.78 is 22.5. The summed E-state index contributed by atoms with van der Waals surface area (Å²) >= 11 is 0. The fourth-order valence-electron chi connectivity index (χ4n) is 3.95. The molecule has 0 radical (unpaired) electrons. The fraction of sp³-hybridized carbons (Fsp3) is 0.455. The molecule has 0 saturated carbocycles. The molecule has 0 spiro atoms. The Hall–Kier alpha value is -2.44. The van der Waals surface area contributed by atoms with Crippen LogP contribution < -0.4 is 24.3 Å². The Morgan fingerprint density at radius 1 is 1.00 bits per heavy atom. The minimum Gasteiger partial charge on any atom is -0.493 e. The van der Waals surface area contributed by atoms with Gasteiger partial charge in [-0.05, 0) is 55.3 Å². The van der Waals surface area contributed by atoms with E-state index < -0.39 is 0 Å². The summed E-state index contributed by atoms with van der Waals surface area (Å²) in [4.78, 5) is 2.52. The third kappa shape index (κ3) is 3.88. The predicted octanol–water partition coefficient (Wildman–Crippen LogP) is 3.21. The van der Waals surface area contributed by atoms with Gasteiger partial charge in [-0.2, -0.15) is 0 Å². The molecular weight excluding hydrogens is 356 g/mol. The molecule has 150 valence electrons. The summed E-state index contributed by atoms with van der Waals surface area (Å²) in [5.74, 6) is 3.16. The summed E-state index contributed by atoms with van der Waals surface area (Å²) in [6.45, 7) is 6.92. The van der Waals surface area contributed by atoms with Crippen LogP contribution in [0.15, 0.2) is 36.4 Å². The molecule has 6 nitrogen and oxygen atoms in total. The number of nitrogens with zero attached hydrogens (tertiary/aromatic N) is 1. The number of ether oxygens (including phenoxy) is 4. The summed E-state index contributed by atoms with van der Waals surface area (Å²) in [7, 11) is 1.67. The highest BCUT2D eigenvalue weighted by molar-refractivity contribution is 5.50. The second-order valence-electron chi connectivity index (χ2n) is 7.00. The average molecular weight is 384 g/mol. The number of rotatable bonds is 6. The van der Waals surface area contributed by atoms with Crippen molar-refractivity contribution < 1.29 is 18.9 Å². The van der Waals surface area contributed by atoms with E-state index in [9.17, 15) is 0 Å². The molecule has 2 heterocycles. The first kappa shape index (κ1) is 18.9. The van der Waals surface area contributed by atoms with Crippen LogP contribution >= 0.6 is 0 Å². The second kappa shape index (κ2) is 8.71. The molecule has 2 aromatic rings. The Labute approximate surface area is 166 Å². The Morgan fingerprint density at radius 2 is 1.82 bits per heavy atom. The largest absolute Gasteiger partial charge is 0.493 e. The SMILES string of the molecule is CCOc1cc(C(c2ccc3c(c2)OCO3)N2CCCNCC2)ccc1OC. The van der Waals surface area contributed by atoms with E-state index in [0.29, 0.717) is 6.61 Å². The van der Waals surface area contributed by atoms with Gasteiger partial charge in [-0.15, -0.1) is 0 Å². The lowest BCUT2D eigenvalue weighted by molar-refractivity contribution is 0.173. The van der Waals surface area contributed by atoms with E-state index in [2.05, 4.69) is 34.5 Å². The molecule has 4 rings (SSSR count). The van der Waals surface area contributed by atoms with E-state index in [4.69, 9.17) is 18.9 Å². The van der Waals surface area contributed by atoms with Crippen LogP contribution in [-0.2, 0) is 0 Å². The van der Waals surface area contributed by atoms with Gasteiger partial charge in [0.25, 0.3) is 0 Å². The highest BCUT2D eigenvalue weighted by atomic mass is 16.7. The Balaban J connectivity index is 1.75. The molecule has 0 amide bonds. The van der Waals surface area contributed by atoms with Crippen molar-refractivity contribution in [3.05, 3.63) is 47.5 Å². The van der Waals surface area contributed by atoms with Gasteiger partial charge in [-0.25, -0.2) is 0 Å². The van der Waals surface area contributed by atoms with Crippen molar-refractivity contribution in [2.45, 2.75) is 19.4 Å². The van der Waals surface area contributed by atoms with Gasteiger partial charge in [0, 0.05) is 19.6 Å². The third-order valence-corrected chi connectivity index (χ3v) is 5.26. The number of hydrogen-bond donors (Lipinski definition) is 1. The first-order chi connectivity index (χ1) is 13.8. The second-order valence-corrected chi connectivity index (χ2v) is 7.00. The van der Waals surface area contributed by atoms with Crippen molar-refractivity contribution in [2.75, 3.05) is 46.7 Å². The highest BCUT2D eigenvalue weighted by Crippen LogP contribution is 2.40. The van der Waals surface area contributed by atoms with Crippen LogP contribution in [0.25, 0.3) is 0 Å². The summed E-state index contributed by atoms with van der Waals surface area (Å²) in [5.41, 5.74) is 2.38. The Kier molecular flexibility index (Phi) is 5.88. The fourth-order valence-corrected chi connectivity index (χ4v) is 3.95. The molecule has 2 aliphatic rings. The van der Waals surface area contributed by atoms with Crippen molar-refractivity contribution in [3.8, 4) is 23.0 Å². The Morgan fingerprint density at radius 3 is 2.68 bits per heavy atom. The standard InChI is InChI=1S/C22H28N2O4/c1-3-26-20-13-16(5-7-18(20)25-2)22(24-11-4-9-23-10-12-24)17-6-8-19-21(14-17)28-15-27-19/h5-8,13-14,22-23H,3-4,9-12,15H2,1-2H3. The minimum absolute atomic E-state index is 0.111. The topological polar surface area (TPSA) is 52.2 Å². The lowest BCUT2D eigenvalue weighted by Crippen LogP contribution is -2.33. The number of methoxy groups -OCH3 is 1. The molecule has 1 atom stereocenters. The zero-order valence-electron chi connectivity index (χ0n) is 16.6. The van der Waals surface area contributed by atoms with E-state index in [1.165, 1.54) is 11.1 Å². The highest BCUT2D eigenvalue weighted by Gasteiger charge is 2.26. The quantitative estimate of drug-likeness (QED) is 0.825. The Bertz CT molecular complexity index is 803. The molecule has 0 aromatic heterocycles. The molecule has 2 aliphatic heterocycles. The van der Waals surface area contributed by atoms with E-state index in [1.807, 2.05) is 19.1 Å². The molecule has 1 saturated heterocycles. The van der Waals surface area contributed by atoms with Gasteiger partial charge in [-0.1, -0.05) is 12.1 Å². The van der Waals surface area contributed by atoms with E-state index >= 15 is 0 Å². The molecule has 0 bridgehead atoms. The lowest BCUT2D eigenvalue weighted by Gasteiger charge is -2.32. The molecular formula is C22H28N2O4. The normalized spacial score (nSPS) is 17.8. The molecule has 0 aliphatic carbocycles. The van der Waals surface area contributed by atoms with Gasteiger partial charge in [-0.3, -0.25) is 4.90 Å². The zero-order chi connectivity index (χ0) is 19.3. The molecule has 6 heteroatoms. The van der Waals surface area contributed by atoms with E-state index in [1.54, 1.807) is 7.11 Å². The van der Waals surface area contributed by atoms with Crippen molar-refractivity contribution in [3.63, 3.8) is 0 Å². The van der Waals surface area contributed by atoms with Gasteiger partial charge < -0.3 is 24.3 Å². The minimum atomic E-state index is 0.111. The van der Waals surface area contributed by atoms with Gasteiger partial charge in [0.15, 0.2) is 23.0 Å². The van der Waals surface area contributed by atoms with Crippen LogP contribution in [0.5, 0.6) is 23.0 Å². The maximum Gasteiger partial charge on any atom is 0.231 e. The molecule has 1 fully saturated rings. The number of benzene rings is 2. The molecule has 28 heavy (non-hydrogen) atoms. The molecule has 1 unspecified atom stereocenters. The molecule has 1 N–H and O–H groups in total. The van der Waals surface area contributed by atoms with Gasteiger partial charge in [0.2, 0.25) is 6.79 Å². The first-order valence-corrected chi connectivity index (χ1v) is 9.95. The first-order valence-electron chi connectivity index (χ1n) is 9.95. The van der Waals surface area contributed by atoms with E-state index in [-0.39, 0.29) is 12.8 Å². The third-order valence-electron chi connectivity index (χ3n) is 5.26. The van der Waals surface area contributed by atoms with Crippen LogP contribution in [0.2, 0.25) is 0 Å². The predicted molar refractivity (Wildman–Crippen MR) is 108 cm³/mol. The van der Waals surface area contributed by atoms with Crippen molar-refractivity contribution in [1.82, 2.24) is 10.2 Å². The number of fused-ring (bicyclic) bond motifs is 1. The van der Waals surface area contributed by atoms with Gasteiger partial charge in [0.1, 0.15) is 0 Å². The van der Waals surface area contributed by atoms with Gasteiger partial charge >= 0.3 is 0 Å². The number of nitrogens with one attached hydrogen (secondary N) is 1. The van der Waals surface area contributed by atoms with E-state index in [0.717, 1.165) is 55.6 Å². The van der Waals surface area contributed by atoms with Crippen LogP contribution in [0.1, 0.15) is 30.5 Å². The van der Waals surface area contributed by atoms with Crippen LogP contribution in [-0.4, -0.2) is 51.6 Å². The monoisotopic (exact) mass is 384 g/mol. The lowest BCUT2D eigenvalue weighted by atomic mass is 9.95. The summed E-state index contributed by atoms with van der Waals surface area (Å²) in [6, 6.07) is 12.6. The summed E-state index contributed by atoms with van der Waals surface area (Å²) in [5, 5.41) is 3.50.